The standard InChI is InChI=1S/C27H29ClN8O/c1-4-23(37)34-8-5-19(6-9-34)36-17(3)24(25-20-13-31-32-22(20)11-16(2)26(25)28)27(33-36)35-10-7-21-18(14-35)12-29-15-30-21/h4,11-13,15,19H,1,5-10,14H2,2-3H3,(H,31,32). The lowest BCUT2D eigenvalue weighted by molar-refractivity contribution is -0.127. The molecule has 9 nitrogen and oxygen atoms in total. The van der Waals surface area contributed by atoms with E-state index in [4.69, 9.17) is 16.7 Å². The van der Waals surface area contributed by atoms with Gasteiger partial charge in [-0.3, -0.25) is 14.6 Å². The van der Waals surface area contributed by atoms with Crippen molar-refractivity contribution in [1.29, 1.82) is 0 Å². The first-order chi connectivity index (χ1) is 18.0. The van der Waals surface area contributed by atoms with Crippen molar-refractivity contribution in [3.05, 3.63) is 65.0 Å². The number of rotatable bonds is 4. The number of aromatic nitrogens is 6. The Morgan fingerprint density at radius 1 is 1.19 bits per heavy atom. The number of H-pyrrole nitrogens is 1. The average Bonchev–Trinajstić information content (AvgIpc) is 3.53. The molecule has 0 radical (unpaired) electrons. The van der Waals surface area contributed by atoms with Crippen LogP contribution in [0, 0.1) is 13.8 Å². The summed E-state index contributed by atoms with van der Waals surface area (Å²) in [4.78, 5) is 25.0. The Labute approximate surface area is 220 Å². The second kappa shape index (κ2) is 9.30. The first kappa shape index (κ1) is 23.7. The lowest BCUT2D eigenvalue weighted by atomic mass is 9.97. The van der Waals surface area contributed by atoms with Gasteiger partial charge >= 0.3 is 0 Å². The van der Waals surface area contributed by atoms with Crippen LogP contribution in [0.3, 0.4) is 0 Å². The van der Waals surface area contributed by atoms with Crippen LogP contribution in [0.25, 0.3) is 22.0 Å². The van der Waals surface area contributed by atoms with E-state index < -0.39 is 0 Å². The summed E-state index contributed by atoms with van der Waals surface area (Å²) in [6.07, 6.45) is 9.25. The van der Waals surface area contributed by atoms with Crippen LogP contribution in [0.1, 0.15) is 41.4 Å². The number of halogens is 1. The van der Waals surface area contributed by atoms with Crippen molar-refractivity contribution in [1.82, 2.24) is 34.8 Å². The summed E-state index contributed by atoms with van der Waals surface area (Å²) in [5.74, 6) is 0.895. The molecule has 1 aromatic carbocycles. The zero-order chi connectivity index (χ0) is 25.7. The summed E-state index contributed by atoms with van der Waals surface area (Å²) in [5, 5.41) is 14.4. The zero-order valence-electron chi connectivity index (χ0n) is 21.0. The van der Waals surface area contributed by atoms with Crippen molar-refractivity contribution in [2.75, 3.05) is 24.5 Å². The van der Waals surface area contributed by atoms with Crippen LogP contribution >= 0.6 is 11.6 Å². The Hall–Kier alpha value is -3.72. The third-order valence-corrected chi connectivity index (χ3v) is 8.19. The van der Waals surface area contributed by atoms with Crippen LogP contribution in [-0.2, 0) is 17.8 Å². The SMILES string of the molecule is C=CC(=O)N1CCC(n2nc(N3CCc4ncncc4C3)c(-c3c(Cl)c(C)cc4[nH]ncc34)c2C)CC1. The molecule has 2 aliphatic heterocycles. The second-order valence-corrected chi connectivity index (χ2v) is 10.2. The minimum Gasteiger partial charge on any atom is -0.350 e. The van der Waals surface area contributed by atoms with Crippen molar-refractivity contribution in [3.8, 4) is 11.1 Å². The van der Waals surface area contributed by atoms with Crippen molar-refractivity contribution >= 4 is 34.2 Å². The number of hydrogen-bond donors (Lipinski definition) is 1. The molecule has 0 aliphatic carbocycles. The summed E-state index contributed by atoms with van der Waals surface area (Å²) in [6, 6.07) is 2.22. The van der Waals surface area contributed by atoms with Gasteiger partial charge in [0.25, 0.3) is 0 Å². The van der Waals surface area contributed by atoms with Gasteiger partial charge in [-0.05, 0) is 44.4 Å². The van der Waals surface area contributed by atoms with E-state index in [9.17, 15) is 4.79 Å². The van der Waals surface area contributed by atoms with E-state index in [1.807, 2.05) is 30.3 Å². The van der Waals surface area contributed by atoms with Gasteiger partial charge in [-0.1, -0.05) is 18.2 Å². The third kappa shape index (κ3) is 3.98. The van der Waals surface area contributed by atoms with Gasteiger partial charge in [0.2, 0.25) is 5.91 Å². The molecular weight excluding hydrogens is 488 g/mol. The summed E-state index contributed by atoms with van der Waals surface area (Å²) >= 11 is 7.02. The minimum atomic E-state index is -0.0138. The maximum absolute atomic E-state index is 12.1. The number of piperidine rings is 1. The predicted molar refractivity (Wildman–Crippen MR) is 144 cm³/mol. The summed E-state index contributed by atoms with van der Waals surface area (Å²) in [5.41, 5.74) is 7.20. The molecule has 0 atom stereocenters. The Morgan fingerprint density at radius 3 is 2.78 bits per heavy atom. The fourth-order valence-corrected chi connectivity index (χ4v) is 5.98. The number of amides is 1. The lowest BCUT2D eigenvalue weighted by Gasteiger charge is -2.32. The van der Waals surface area contributed by atoms with Gasteiger partial charge in [0.05, 0.1) is 28.5 Å². The third-order valence-electron chi connectivity index (χ3n) is 7.70. The van der Waals surface area contributed by atoms with Crippen molar-refractivity contribution in [2.45, 2.75) is 45.7 Å². The molecule has 4 aromatic rings. The fraction of sp³-hybridized carbons (Fsp3) is 0.370. The average molecular weight is 517 g/mol. The molecule has 0 unspecified atom stereocenters. The van der Waals surface area contributed by atoms with Gasteiger partial charge in [0.1, 0.15) is 6.33 Å². The number of carbonyl (C=O) groups excluding carboxylic acids is 1. The number of aromatic amines is 1. The number of fused-ring (bicyclic) bond motifs is 2. The highest BCUT2D eigenvalue weighted by molar-refractivity contribution is 6.36. The molecule has 5 heterocycles. The maximum atomic E-state index is 12.1. The molecule has 6 rings (SSSR count). The van der Waals surface area contributed by atoms with E-state index in [0.717, 1.165) is 76.2 Å². The summed E-state index contributed by atoms with van der Waals surface area (Å²) < 4.78 is 2.15. The number of carbonyl (C=O) groups is 1. The Morgan fingerprint density at radius 2 is 2.00 bits per heavy atom. The summed E-state index contributed by atoms with van der Waals surface area (Å²) in [6.45, 7) is 10.6. The number of hydrogen-bond acceptors (Lipinski definition) is 6. The van der Waals surface area contributed by atoms with E-state index in [1.165, 1.54) is 6.08 Å². The number of benzene rings is 1. The molecule has 190 valence electrons. The first-order valence-electron chi connectivity index (χ1n) is 12.6. The van der Waals surface area contributed by atoms with Gasteiger partial charge in [0, 0.05) is 66.6 Å². The van der Waals surface area contributed by atoms with Crippen LogP contribution in [0.5, 0.6) is 0 Å². The monoisotopic (exact) mass is 516 g/mol. The molecule has 37 heavy (non-hydrogen) atoms. The number of aryl methyl sites for hydroxylation is 1. The van der Waals surface area contributed by atoms with Gasteiger partial charge in [0.15, 0.2) is 5.82 Å². The van der Waals surface area contributed by atoms with Crippen LogP contribution in [0.4, 0.5) is 5.82 Å². The number of anilines is 1. The lowest BCUT2D eigenvalue weighted by Crippen LogP contribution is -2.38. The molecule has 0 bridgehead atoms. The smallest absolute Gasteiger partial charge is 0.245 e. The van der Waals surface area contributed by atoms with Crippen LogP contribution < -0.4 is 4.90 Å². The molecule has 1 N–H and O–H groups in total. The number of nitrogens with one attached hydrogen (secondary N) is 1. The van der Waals surface area contributed by atoms with Gasteiger partial charge in [-0.25, -0.2) is 9.97 Å². The van der Waals surface area contributed by atoms with Gasteiger partial charge < -0.3 is 9.80 Å². The molecule has 0 spiro atoms. The van der Waals surface area contributed by atoms with Crippen LogP contribution in [0.2, 0.25) is 5.02 Å². The van der Waals surface area contributed by atoms with E-state index >= 15 is 0 Å². The quantitative estimate of drug-likeness (QED) is 0.404. The second-order valence-electron chi connectivity index (χ2n) is 9.87. The van der Waals surface area contributed by atoms with E-state index in [1.54, 1.807) is 6.33 Å². The Kier molecular flexibility index (Phi) is 5.95. The molecule has 0 saturated carbocycles. The number of nitrogens with zero attached hydrogens (tertiary/aromatic N) is 7. The molecule has 1 amide bonds. The maximum Gasteiger partial charge on any atom is 0.245 e. The highest BCUT2D eigenvalue weighted by Gasteiger charge is 2.31. The number of likely N-dealkylation sites (tertiary alicyclic amines) is 1. The van der Waals surface area contributed by atoms with Crippen LogP contribution in [0.15, 0.2) is 37.4 Å². The highest BCUT2D eigenvalue weighted by atomic mass is 35.5. The molecular formula is C27H29ClN8O. The topological polar surface area (TPSA) is 95.8 Å². The van der Waals surface area contributed by atoms with E-state index in [0.29, 0.717) is 24.7 Å². The normalized spacial score (nSPS) is 16.3. The molecule has 1 saturated heterocycles. The van der Waals surface area contributed by atoms with Crippen molar-refractivity contribution < 1.29 is 4.79 Å². The highest BCUT2D eigenvalue weighted by Crippen LogP contribution is 2.45. The first-order valence-corrected chi connectivity index (χ1v) is 13.0. The van der Waals surface area contributed by atoms with Gasteiger partial charge in [-0.2, -0.15) is 10.2 Å². The van der Waals surface area contributed by atoms with Crippen LogP contribution in [-0.4, -0.2) is 60.4 Å². The molecule has 10 heteroatoms. The Bertz CT molecular complexity index is 1510. The van der Waals surface area contributed by atoms with E-state index in [2.05, 4.69) is 43.2 Å². The summed E-state index contributed by atoms with van der Waals surface area (Å²) in [7, 11) is 0. The minimum absolute atomic E-state index is 0.0138. The predicted octanol–water partition coefficient (Wildman–Crippen LogP) is 4.40. The van der Waals surface area contributed by atoms with Crippen molar-refractivity contribution in [2.24, 2.45) is 0 Å². The molecule has 2 aliphatic rings. The van der Waals surface area contributed by atoms with E-state index in [-0.39, 0.29) is 11.9 Å². The molecule has 1 fully saturated rings. The zero-order valence-corrected chi connectivity index (χ0v) is 21.8. The Balaban J connectivity index is 1.48. The molecule has 3 aromatic heterocycles. The largest absolute Gasteiger partial charge is 0.350 e. The van der Waals surface area contributed by atoms with Crippen molar-refractivity contribution in [3.63, 3.8) is 0 Å². The fourth-order valence-electron chi connectivity index (χ4n) is 5.73. The van der Waals surface area contributed by atoms with Gasteiger partial charge in [-0.15, -0.1) is 0 Å².